The minimum atomic E-state index is -1.34. The third-order valence-electron chi connectivity index (χ3n) is 12.1. The van der Waals surface area contributed by atoms with Gasteiger partial charge in [0.2, 0.25) is 0 Å². The summed E-state index contributed by atoms with van der Waals surface area (Å²) in [5.41, 5.74) is 16.3. The maximum absolute atomic E-state index is 6.68. The molecule has 0 N–H and O–H groups in total. The van der Waals surface area contributed by atoms with E-state index < -0.39 is 23.2 Å². The van der Waals surface area contributed by atoms with Crippen LogP contribution in [0.1, 0.15) is 143 Å². The van der Waals surface area contributed by atoms with E-state index in [4.69, 9.17) is 8.83 Å². The van der Waals surface area contributed by atoms with Crippen LogP contribution in [0.15, 0.2) is 118 Å². The monoisotopic (exact) mass is 870 g/mol. The zero-order valence-electron chi connectivity index (χ0n) is 34.2. The maximum atomic E-state index is 6.68. The molecule has 292 valence electrons. The number of hydrogen-bond acceptors (Lipinski definition) is 2. The third-order valence-corrected chi connectivity index (χ3v) is 16.8. The Kier molecular flexibility index (Phi) is 14.3. The molecule has 0 aliphatic heterocycles. The van der Waals surface area contributed by atoms with Crippen molar-refractivity contribution in [1.82, 2.24) is 0 Å². The number of furan rings is 2. The summed E-state index contributed by atoms with van der Waals surface area (Å²) in [5, 5.41) is 0. The fourth-order valence-corrected chi connectivity index (χ4v) is 13.5. The Morgan fingerprint density at radius 3 is 1.28 bits per heavy atom. The molecule has 2 aliphatic carbocycles. The molecule has 5 heteroatoms. The van der Waals surface area contributed by atoms with Crippen molar-refractivity contribution in [2.75, 3.05) is 0 Å². The van der Waals surface area contributed by atoms with Crippen molar-refractivity contribution < 1.29 is 56.9 Å². The van der Waals surface area contributed by atoms with Crippen molar-refractivity contribution >= 4 is 23.3 Å². The van der Waals surface area contributed by atoms with E-state index in [2.05, 4.69) is 163 Å². The number of fused-ring (bicyclic) bond motifs is 2. The van der Waals surface area contributed by atoms with Crippen LogP contribution in [-0.2, 0) is 36.1 Å². The van der Waals surface area contributed by atoms with E-state index in [0.29, 0.717) is 19.1 Å². The molecule has 0 spiro atoms. The van der Waals surface area contributed by atoms with Gasteiger partial charge >= 0.3 is 342 Å². The second kappa shape index (κ2) is 19.0. The molecule has 2 aromatic heterocycles. The van der Waals surface area contributed by atoms with E-state index in [1.165, 1.54) is 66.8 Å². The van der Waals surface area contributed by atoms with Crippen LogP contribution in [0, 0.1) is 0 Å². The van der Waals surface area contributed by atoms with Gasteiger partial charge < -0.3 is 24.8 Å². The topological polar surface area (TPSA) is 26.3 Å². The van der Waals surface area contributed by atoms with Crippen LogP contribution in [0.3, 0.4) is 0 Å². The van der Waals surface area contributed by atoms with E-state index in [1.807, 2.05) is 0 Å². The summed E-state index contributed by atoms with van der Waals surface area (Å²) >= 11 is -1.34. The Hall–Kier alpha value is -3.62. The van der Waals surface area contributed by atoms with Crippen LogP contribution in [0.5, 0.6) is 0 Å². The quantitative estimate of drug-likeness (QED) is 0.109. The number of benzene rings is 4. The Morgan fingerprint density at radius 1 is 0.509 bits per heavy atom. The Labute approximate surface area is 364 Å². The van der Waals surface area contributed by atoms with Gasteiger partial charge in [0.25, 0.3) is 0 Å². The molecule has 4 unspecified atom stereocenters. The Morgan fingerprint density at radius 2 is 0.912 bits per heavy atom. The Balaban J connectivity index is 0.00000275. The smallest absolute Gasteiger partial charge is 1.00 e. The fraction of sp³-hybridized carbons (Fsp3) is 0.308. The van der Waals surface area contributed by atoms with Crippen LogP contribution in [-0.4, -0.2) is 0 Å². The van der Waals surface area contributed by atoms with Gasteiger partial charge in [-0.05, 0) is 0 Å². The van der Waals surface area contributed by atoms with Gasteiger partial charge in [0, 0.05) is 0 Å². The second-order valence-corrected chi connectivity index (χ2v) is 19.4. The molecule has 0 bridgehead atoms. The largest absolute Gasteiger partial charge is 1.00 e. The summed E-state index contributed by atoms with van der Waals surface area (Å²) in [6.07, 6.45) is 11.3. The first-order valence-corrected chi connectivity index (χ1v) is 23.6. The molecule has 57 heavy (non-hydrogen) atoms. The first-order chi connectivity index (χ1) is 26.9. The average molecular weight is 873 g/mol. The van der Waals surface area contributed by atoms with Crippen LogP contribution in [0.2, 0.25) is 0 Å². The predicted octanol–water partition coefficient (Wildman–Crippen LogP) is 9.12. The normalized spacial score (nSPS) is 16.4. The van der Waals surface area contributed by atoms with Crippen LogP contribution < -0.4 is 24.8 Å². The molecule has 0 fully saturated rings. The van der Waals surface area contributed by atoms with Gasteiger partial charge in [0.15, 0.2) is 0 Å². The molecule has 2 aliphatic rings. The molecule has 4 aromatic carbocycles. The van der Waals surface area contributed by atoms with Crippen LogP contribution >= 0.6 is 0 Å². The molecule has 0 saturated carbocycles. The molecular formula is C52H54Cl2O2Zr. The minimum Gasteiger partial charge on any atom is -1.00 e. The standard InChI is InChI=1S/2C26H27O.2ClH.Zr/c2*1-4-7-23-14-15-26(27-23)22-16-21-8-6-9-24(25(21)17-22)20-12-10-19(11-13-20)18(3)5-2;;;/h2*6,8-18H,4-5,7H2,1-3H3;2*1H;/q;;;;+2/p-2. The molecule has 4 atom stereocenters. The third kappa shape index (κ3) is 8.59. The Bertz CT molecular complexity index is 2180. The van der Waals surface area contributed by atoms with E-state index >= 15 is 0 Å². The van der Waals surface area contributed by atoms with Crippen LogP contribution in [0.25, 0.3) is 45.6 Å². The number of rotatable bonds is 14. The summed E-state index contributed by atoms with van der Waals surface area (Å²) in [7, 11) is 0. The molecule has 0 amide bonds. The fourth-order valence-electron chi connectivity index (χ4n) is 8.54. The zero-order valence-corrected chi connectivity index (χ0v) is 38.1. The van der Waals surface area contributed by atoms with Crippen molar-refractivity contribution in [3.8, 4) is 22.3 Å². The summed E-state index contributed by atoms with van der Waals surface area (Å²) < 4.78 is 14.0. The SMILES string of the molecule is CCCc1ccc(C2=Cc3c(-c4ccc(C(C)CC)cc4)cccc3[CH]2[Zr+2][CH]2C(c3ccc(CCC)o3)=Cc3c(-c4ccc(C(C)CC)cc4)cccc32)o1.[Cl-].[Cl-]. The van der Waals surface area contributed by atoms with Gasteiger partial charge in [-0.2, -0.15) is 0 Å². The van der Waals surface area contributed by atoms with Gasteiger partial charge in [-0.1, -0.05) is 0 Å². The predicted molar refractivity (Wildman–Crippen MR) is 228 cm³/mol. The van der Waals surface area contributed by atoms with Crippen molar-refractivity contribution in [3.63, 3.8) is 0 Å². The summed E-state index contributed by atoms with van der Waals surface area (Å²) in [6.45, 7) is 13.6. The molecule has 0 radical (unpaired) electrons. The molecular weight excluding hydrogens is 819 g/mol. The molecule has 8 rings (SSSR count). The van der Waals surface area contributed by atoms with Gasteiger partial charge in [-0.15, -0.1) is 0 Å². The van der Waals surface area contributed by atoms with Gasteiger partial charge in [-0.3, -0.25) is 0 Å². The molecule has 6 aromatic rings. The summed E-state index contributed by atoms with van der Waals surface area (Å²) in [5.74, 6) is 5.34. The summed E-state index contributed by atoms with van der Waals surface area (Å²) in [4.78, 5) is 0. The van der Waals surface area contributed by atoms with Crippen LogP contribution in [0.4, 0.5) is 0 Å². The average Bonchev–Trinajstić information content (AvgIpc) is 4.04. The second-order valence-electron chi connectivity index (χ2n) is 15.7. The first kappa shape index (κ1) is 43.0. The molecule has 2 heterocycles. The molecule has 2 nitrogen and oxygen atoms in total. The van der Waals surface area contributed by atoms with Gasteiger partial charge in [0.05, 0.1) is 0 Å². The van der Waals surface area contributed by atoms with E-state index in [-0.39, 0.29) is 24.8 Å². The van der Waals surface area contributed by atoms with Gasteiger partial charge in [-0.25, -0.2) is 0 Å². The van der Waals surface area contributed by atoms with Crippen molar-refractivity contribution in [3.05, 3.63) is 166 Å². The van der Waals surface area contributed by atoms with Crippen molar-refractivity contribution in [2.24, 2.45) is 0 Å². The van der Waals surface area contributed by atoms with Gasteiger partial charge in [0.1, 0.15) is 0 Å². The number of allylic oxidation sites excluding steroid dienone is 2. The minimum absolute atomic E-state index is 0. The summed E-state index contributed by atoms with van der Waals surface area (Å²) in [6, 6.07) is 41.5. The van der Waals surface area contributed by atoms with Crippen molar-refractivity contribution in [2.45, 2.75) is 99.2 Å². The maximum Gasteiger partial charge on any atom is -1.00 e. The zero-order chi connectivity index (χ0) is 38.1. The molecule has 0 saturated heterocycles. The number of aryl methyl sites for hydroxylation is 2. The first-order valence-electron chi connectivity index (χ1n) is 20.7. The number of halogens is 2. The van der Waals surface area contributed by atoms with E-state index in [1.54, 1.807) is 0 Å². The van der Waals surface area contributed by atoms with Crippen molar-refractivity contribution in [1.29, 1.82) is 0 Å². The van der Waals surface area contributed by atoms with E-state index in [9.17, 15) is 0 Å². The number of hydrogen-bond donors (Lipinski definition) is 0. The van der Waals surface area contributed by atoms with E-state index in [0.717, 1.165) is 61.6 Å².